The number of aromatic nitrogens is 2. The van der Waals surface area contributed by atoms with E-state index in [0.717, 1.165) is 40.9 Å². The highest BCUT2D eigenvalue weighted by Crippen LogP contribution is 2.37. The van der Waals surface area contributed by atoms with Gasteiger partial charge in [0.1, 0.15) is 10.8 Å². The van der Waals surface area contributed by atoms with Gasteiger partial charge in [-0.3, -0.25) is 0 Å². The first-order valence-corrected chi connectivity index (χ1v) is 8.86. The van der Waals surface area contributed by atoms with E-state index in [-0.39, 0.29) is 0 Å². The zero-order valence-corrected chi connectivity index (χ0v) is 14.6. The molecule has 0 aromatic carbocycles. The minimum absolute atomic E-state index is 0.336. The number of anilines is 2. The Kier molecular flexibility index (Phi) is 5.55. The summed E-state index contributed by atoms with van der Waals surface area (Å²) < 4.78 is 4.28. The first-order chi connectivity index (χ1) is 10.0. The number of thiazole rings is 1. The smallest absolute Gasteiger partial charge is 0.148 e. The van der Waals surface area contributed by atoms with Crippen LogP contribution < -0.4 is 11.1 Å². The Bertz CT molecular complexity index is 574. The van der Waals surface area contributed by atoms with Gasteiger partial charge in [-0.15, -0.1) is 11.3 Å². The molecule has 3 N–H and O–H groups in total. The second kappa shape index (κ2) is 7.20. The van der Waals surface area contributed by atoms with Crippen molar-refractivity contribution >= 4 is 33.7 Å². The summed E-state index contributed by atoms with van der Waals surface area (Å²) in [5.41, 5.74) is 7.88. The third kappa shape index (κ3) is 3.93. The van der Waals surface area contributed by atoms with E-state index in [0.29, 0.717) is 11.9 Å². The lowest BCUT2D eigenvalue weighted by Gasteiger charge is -2.23. The maximum absolute atomic E-state index is 6.03. The first kappa shape index (κ1) is 16.2. The number of hydrogen-bond acceptors (Lipinski definition) is 7. The molecule has 5 nitrogen and oxygen atoms in total. The average molecular weight is 326 g/mol. The van der Waals surface area contributed by atoms with Crippen molar-refractivity contribution < 1.29 is 0 Å². The van der Waals surface area contributed by atoms with Gasteiger partial charge in [-0.2, -0.15) is 4.37 Å². The number of nitrogens with two attached hydrogens (primary N) is 1. The number of nitrogen functional groups attached to an aromatic ring is 1. The van der Waals surface area contributed by atoms with Crippen LogP contribution in [0.4, 0.5) is 10.8 Å². The highest BCUT2D eigenvalue weighted by molar-refractivity contribution is 7.11. The van der Waals surface area contributed by atoms with Crippen LogP contribution in [-0.4, -0.2) is 39.9 Å². The molecule has 0 aliphatic heterocycles. The molecule has 0 saturated carbocycles. The summed E-state index contributed by atoms with van der Waals surface area (Å²) in [7, 11) is 0. The van der Waals surface area contributed by atoms with Crippen molar-refractivity contribution in [3.63, 3.8) is 0 Å². The molecule has 7 heteroatoms. The lowest BCUT2D eigenvalue weighted by Crippen LogP contribution is -2.34. The summed E-state index contributed by atoms with van der Waals surface area (Å²) in [5, 5.41) is 7.63. The van der Waals surface area contributed by atoms with Gasteiger partial charge in [0.25, 0.3) is 0 Å². The number of nitrogens with one attached hydrogen (secondary N) is 1. The van der Waals surface area contributed by atoms with Crippen molar-refractivity contribution in [2.75, 3.05) is 30.7 Å². The van der Waals surface area contributed by atoms with Crippen LogP contribution in [0.5, 0.6) is 0 Å². The third-order valence-corrected chi connectivity index (χ3v) is 4.96. The minimum Gasteiger partial charge on any atom is -0.382 e. The fourth-order valence-electron chi connectivity index (χ4n) is 2.27. The van der Waals surface area contributed by atoms with Crippen LogP contribution >= 0.6 is 22.9 Å². The fraction of sp³-hybridized carbons (Fsp3) is 0.571. The molecule has 0 aliphatic carbocycles. The van der Waals surface area contributed by atoms with Crippen LogP contribution in [0.3, 0.4) is 0 Å². The molecule has 2 rings (SSSR count). The van der Waals surface area contributed by atoms with Crippen molar-refractivity contribution in [2.24, 2.45) is 0 Å². The number of nitrogens with zero attached hydrogens (tertiary/aromatic N) is 3. The van der Waals surface area contributed by atoms with E-state index in [1.165, 1.54) is 11.5 Å². The number of likely N-dealkylation sites (N-methyl/N-ethyl adjacent to an activating group) is 1. The van der Waals surface area contributed by atoms with Gasteiger partial charge in [0.2, 0.25) is 0 Å². The number of rotatable bonds is 7. The van der Waals surface area contributed by atoms with Gasteiger partial charge in [-0.1, -0.05) is 13.8 Å². The summed E-state index contributed by atoms with van der Waals surface area (Å²) in [4.78, 5) is 6.93. The molecule has 0 bridgehead atoms. The number of hydrogen-bond donors (Lipinski definition) is 2. The van der Waals surface area contributed by atoms with Crippen LogP contribution in [0.1, 0.15) is 25.8 Å². The van der Waals surface area contributed by atoms with Crippen LogP contribution in [0.15, 0.2) is 5.38 Å². The zero-order valence-electron chi connectivity index (χ0n) is 13.0. The lowest BCUT2D eigenvalue weighted by atomic mass is 10.2. The summed E-state index contributed by atoms with van der Waals surface area (Å²) >= 11 is 3.04. The fourth-order valence-corrected chi connectivity index (χ4v) is 3.70. The van der Waals surface area contributed by atoms with Gasteiger partial charge in [0, 0.05) is 18.0 Å². The predicted molar refractivity (Wildman–Crippen MR) is 93.2 cm³/mol. The molecule has 0 aliphatic rings. The third-order valence-electron chi connectivity index (χ3n) is 3.40. The van der Waals surface area contributed by atoms with E-state index >= 15 is 0 Å². The molecular weight excluding hydrogens is 302 g/mol. The van der Waals surface area contributed by atoms with Crippen LogP contribution in [0.25, 0.3) is 11.3 Å². The zero-order chi connectivity index (χ0) is 15.4. The highest BCUT2D eigenvalue weighted by atomic mass is 32.1. The predicted octanol–water partition coefficient (Wildman–Crippen LogP) is 3.30. The molecule has 2 heterocycles. The first-order valence-electron chi connectivity index (χ1n) is 7.21. The van der Waals surface area contributed by atoms with Crippen LogP contribution in [-0.2, 0) is 0 Å². The molecule has 0 radical (unpaired) electrons. The summed E-state index contributed by atoms with van der Waals surface area (Å²) in [6.07, 6.45) is 0. The Morgan fingerprint density at radius 2 is 2.10 bits per heavy atom. The molecule has 0 fully saturated rings. The van der Waals surface area contributed by atoms with Crippen molar-refractivity contribution in [1.82, 2.24) is 14.3 Å². The summed E-state index contributed by atoms with van der Waals surface area (Å²) in [6, 6.07) is 0.336. The molecule has 1 unspecified atom stereocenters. The molecule has 2 aromatic rings. The van der Waals surface area contributed by atoms with E-state index in [1.807, 2.05) is 12.3 Å². The molecule has 1 atom stereocenters. The van der Waals surface area contributed by atoms with Gasteiger partial charge >= 0.3 is 0 Å². The molecule has 21 heavy (non-hydrogen) atoms. The quantitative estimate of drug-likeness (QED) is 0.817. The number of aryl methyl sites for hydroxylation is 1. The standard InChI is InChI=1S/C14H23N5S2/c1-5-19(6-2)7-9(3)16-14-12(13(15)18-21-14)11-8-20-10(4)17-11/h8-9,16H,5-7H2,1-4H3,(H2,15,18). The van der Waals surface area contributed by atoms with Gasteiger partial charge in [-0.25, -0.2) is 4.98 Å². The monoisotopic (exact) mass is 325 g/mol. The van der Waals surface area contributed by atoms with Gasteiger partial charge < -0.3 is 16.0 Å². The topological polar surface area (TPSA) is 67.1 Å². The second-order valence-electron chi connectivity index (χ2n) is 5.05. The highest BCUT2D eigenvalue weighted by Gasteiger charge is 2.18. The Morgan fingerprint density at radius 1 is 1.38 bits per heavy atom. The Labute approximate surface area is 134 Å². The van der Waals surface area contributed by atoms with Gasteiger partial charge in [0.05, 0.1) is 16.3 Å². The average Bonchev–Trinajstić information content (AvgIpc) is 3.02. The van der Waals surface area contributed by atoms with E-state index in [2.05, 4.69) is 40.3 Å². The van der Waals surface area contributed by atoms with E-state index in [4.69, 9.17) is 5.73 Å². The Hall–Kier alpha value is -1.18. The SMILES string of the molecule is CCN(CC)CC(C)Nc1snc(N)c1-c1csc(C)n1. The molecule has 0 spiro atoms. The van der Waals surface area contributed by atoms with Crippen LogP contribution in [0, 0.1) is 6.92 Å². The van der Waals surface area contributed by atoms with Crippen LogP contribution in [0.2, 0.25) is 0 Å². The van der Waals surface area contributed by atoms with E-state index in [9.17, 15) is 0 Å². The summed E-state index contributed by atoms with van der Waals surface area (Å²) in [6.45, 7) is 11.7. The molecule has 0 amide bonds. The van der Waals surface area contributed by atoms with Crippen molar-refractivity contribution in [2.45, 2.75) is 33.7 Å². The maximum atomic E-state index is 6.03. The maximum Gasteiger partial charge on any atom is 0.148 e. The Balaban J connectivity index is 2.14. The molecule has 0 saturated heterocycles. The lowest BCUT2D eigenvalue weighted by molar-refractivity contribution is 0.295. The Morgan fingerprint density at radius 3 is 2.67 bits per heavy atom. The molecule has 116 valence electrons. The molecule has 2 aromatic heterocycles. The van der Waals surface area contributed by atoms with Crippen molar-refractivity contribution in [3.8, 4) is 11.3 Å². The largest absolute Gasteiger partial charge is 0.382 e. The van der Waals surface area contributed by atoms with Crippen molar-refractivity contribution in [1.29, 1.82) is 0 Å². The van der Waals surface area contributed by atoms with Gasteiger partial charge in [-0.05, 0) is 38.5 Å². The normalized spacial score (nSPS) is 12.8. The van der Waals surface area contributed by atoms with Crippen molar-refractivity contribution in [3.05, 3.63) is 10.4 Å². The molecular formula is C14H23N5S2. The van der Waals surface area contributed by atoms with E-state index < -0.39 is 0 Å². The second-order valence-corrected chi connectivity index (χ2v) is 6.89. The summed E-state index contributed by atoms with van der Waals surface area (Å²) in [5.74, 6) is 0.558. The van der Waals surface area contributed by atoms with E-state index in [1.54, 1.807) is 11.3 Å². The van der Waals surface area contributed by atoms with Gasteiger partial charge in [0.15, 0.2) is 0 Å². The minimum atomic E-state index is 0.336.